The van der Waals surface area contributed by atoms with Crippen LogP contribution < -0.4 is 24.8 Å². The molecule has 0 bridgehead atoms. The number of carbonyl (C=O) groups excluding carboxylic acids is 1. The van der Waals surface area contributed by atoms with E-state index in [1.165, 1.54) is 6.33 Å². The Morgan fingerprint density at radius 1 is 0.857 bits per heavy atom. The highest BCUT2D eigenvalue weighted by molar-refractivity contribution is 6.07. The minimum absolute atomic E-state index is 0.326. The number of rotatable bonds is 6. The zero-order chi connectivity index (χ0) is 24.4. The van der Waals surface area contributed by atoms with Crippen molar-refractivity contribution in [1.29, 1.82) is 0 Å². The highest BCUT2D eigenvalue weighted by atomic mass is 16.5. The van der Waals surface area contributed by atoms with Gasteiger partial charge in [-0.25, -0.2) is 14.8 Å². The first-order chi connectivity index (χ1) is 17.1. The maximum absolute atomic E-state index is 12.5. The molecule has 0 radical (unpaired) electrons. The molecule has 10 nitrogen and oxygen atoms in total. The van der Waals surface area contributed by atoms with Gasteiger partial charge in [0.1, 0.15) is 17.8 Å². The van der Waals surface area contributed by atoms with Gasteiger partial charge in [-0.15, -0.1) is 0 Å². The number of methoxy groups -OCH3 is 2. The number of amides is 2. The van der Waals surface area contributed by atoms with Gasteiger partial charge in [-0.05, 0) is 25.1 Å². The normalized spacial score (nSPS) is 10.8. The number of carbonyl (C=O) groups is 1. The number of benzene rings is 3. The van der Waals surface area contributed by atoms with Crippen LogP contribution >= 0.6 is 0 Å². The lowest BCUT2D eigenvalue weighted by molar-refractivity contribution is 0.262. The Morgan fingerprint density at radius 2 is 1.63 bits per heavy atom. The molecule has 5 rings (SSSR count). The Kier molecular flexibility index (Phi) is 5.76. The van der Waals surface area contributed by atoms with E-state index in [1.54, 1.807) is 51.5 Å². The van der Waals surface area contributed by atoms with Crippen LogP contribution in [0.15, 0.2) is 65.4 Å². The van der Waals surface area contributed by atoms with Crippen LogP contribution in [0.2, 0.25) is 0 Å². The average Bonchev–Trinajstić information content (AvgIpc) is 3.28. The molecule has 0 saturated carbocycles. The van der Waals surface area contributed by atoms with Crippen molar-refractivity contribution in [2.24, 2.45) is 0 Å². The van der Waals surface area contributed by atoms with Crippen molar-refractivity contribution < 1.29 is 23.5 Å². The summed E-state index contributed by atoms with van der Waals surface area (Å²) in [6.45, 7) is 1.75. The standard InChI is InChI=1S/C25H21N5O5/c1-14-10-23(30-35-14)29-25(31)28-18-8-9-20(16-7-5-4-6-15(16)18)34-24-17-11-21(32-2)22(33-3)12-19(17)26-13-27-24/h4-13H,1-3H3,(H2,28,29,30,31). The summed E-state index contributed by atoms with van der Waals surface area (Å²) in [6, 6.07) is 15.8. The van der Waals surface area contributed by atoms with Gasteiger partial charge in [-0.3, -0.25) is 5.32 Å². The van der Waals surface area contributed by atoms with Gasteiger partial charge in [-0.1, -0.05) is 29.4 Å². The Hall–Kier alpha value is -4.86. The van der Waals surface area contributed by atoms with Crippen molar-refractivity contribution >= 4 is 39.2 Å². The average molecular weight is 471 g/mol. The second-order valence-electron chi connectivity index (χ2n) is 7.56. The van der Waals surface area contributed by atoms with E-state index in [0.29, 0.717) is 51.3 Å². The zero-order valence-electron chi connectivity index (χ0n) is 19.2. The van der Waals surface area contributed by atoms with Crippen molar-refractivity contribution in [3.8, 4) is 23.1 Å². The predicted octanol–water partition coefficient (Wildman–Crippen LogP) is 5.53. The molecule has 35 heavy (non-hydrogen) atoms. The quantitative estimate of drug-likeness (QED) is 0.331. The zero-order valence-corrected chi connectivity index (χ0v) is 19.2. The Labute approximate surface area is 199 Å². The van der Waals surface area contributed by atoms with Gasteiger partial charge in [-0.2, -0.15) is 0 Å². The topological polar surface area (TPSA) is 121 Å². The largest absolute Gasteiger partial charge is 0.493 e. The summed E-state index contributed by atoms with van der Waals surface area (Å²) in [7, 11) is 3.13. The first-order valence-electron chi connectivity index (χ1n) is 10.6. The molecule has 0 saturated heterocycles. The Bertz CT molecular complexity index is 1550. The summed E-state index contributed by atoms with van der Waals surface area (Å²) in [5, 5.41) is 11.5. The number of aryl methyl sites for hydroxylation is 1. The number of anilines is 2. The van der Waals surface area contributed by atoms with E-state index in [2.05, 4.69) is 25.8 Å². The highest BCUT2D eigenvalue weighted by Gasteiger charge is 2.15. The summed E-state index contributed by atoms with van der Waals surface area (Å²) in [6.07, 6.45) is 1.43. The molecule has 0 spiro atoms. The van der Waals surface area contributed by atoms with Gasteiger partial charge in [0.2, 0.25) is 5.88 Å². The molecule has 0 fully saturated rings. The van der Waals surface area contributed by atoms with Crippen molar-refractivity contribution in [1.82, 2.24) is 15.1 Å². The molecule has 0 aliphatic heterocycles. The minimum Gasteiger partial charge on any atom is -0.493 e. The van der Waals surface area contributed by atoms with E-state index in [9.17, 15) is 4.79 Å². The number of nitrogens with zero attached hydrogens (tertiary/aromatic N) is 3. The summed E-state index contributed by atoms with van der Waals surface area (Å²) in [4.78, 5) is 21.1. The molecule has 2 amide bonds. The highest BCUT2D eigenvalue weighted by Crippen LogP contribution is 2.38. The molecule has 3 aromatic carbocycles. The second-order valence-corrected chi connectivity index (χ2v) is 7.56. The Morgan fingerprint density at radius 3 is 2.37 bits per heavy atom. The number of ether oxygens (including phenoxy) is 3. The van der Waals surface area contributed by atoms with Gasteiger partial charge in [0.15, 0.2) is 17.3 Å². The van der Waals surface area contributed by atoms with Crippen LogP contribution in [0.25, 0.3) is 21.7 Å². The fraction of sp³-hybridized carbons (Fsp3) is 0.120. The van der Waals surface area contributed by atoms with E-state index >= 15 is 0 Å². The van der Waals surface area contributed by atoms with E-state index in [0.717, 1.165) is 10.8 Å². The molecule has 0 atom stereocenters. The third-order valence-corrected chi connectivity index (χ3v) is 5.31. The first kappa shape index (κ1) is 22.0. The number of hydrogen-bond donors (Lipinski definition) is 2. The van der Waals surface area contributed by atoms with Gasteiger partial charge in [0.25, 0.3) is 0 Å². The summed E-state index contributed by atoms with van der Waals surface area (Å²) < 4.78 is 22.0. The number of urea groups is 1. The van der Waals surface area contributed by atoms with Crippen LogP contribution in [0.4, 0.5) is 16.3 Å². The first-order valence-corrected chi connectivity index (χ1v) is 10.6. The SMILES string of the molecule is COc1cc2ncnc(Oc3ccc(NC(=O)Nc4cc(C)on4)c4ccccc34)c2cc1OC. The molecular formula is C25H21N5O5. The van der Waals surface area contributed by atoms with Crippen molar-refractivity contribution in [3.05, 3.63) is 66.7 Å². The molecule has 0 unspecified atom stereocenters. The minimum atomic E-state index is -0.444. The maximum Gasteiger partial charge on any atom is 0.324 e. The summed E-state index contributed by atoms with van der Waals surface area (Å²) in [5.41, 5.74) is 1.25. The Balaban J connectivity index is 1.48. The third-order valence-electron chi connectivity index (χ3n) is 5.31. The van der Waals surface area contributed by atoms with Crippen LogP contribution in [-0.4, -0.2) is 35.4 Å². The van der Waals surface area contributed by atoms with Crippen LogP contribution in [-0.2, 0) is 0 Å². The fourth-order valence-electron chi connectivity index (χ4n) is 3.71. The molecule has 2 heterocycles. The molecule has 5 aromatic rings. The van der Waals surface area contributed by atoms with E-state index in [-0.39, 0.29) is 0 Å². The lowest BCUT2D eigenvalue weighted by Crippen LogP contribution is -2.19. The predicted molar refractivity (Wildman–Crippen MR) is 131 cm³/mol. The van der Waals surface area contributed by atoms with Crippen LogP contribution in [0.5, 0.6) is 23.1 Å². The summed E-state index contributed by atoms with van der Waals surface area (Å²) >= 11 is 0. The lowest BCUT2D eigenvalue weighted by atomic mass is 10.1. The summed E-state index contributed by atoms with van der Waals surface area (Å²) in [5.74, 6) is 2.95. The monoisotopic (exact) mass is 471 g/mol. The fourth-order valence-corrected chi connectivity index (χ4v) is 3.71. The number of nitrogens with one attached hydrogen (secondary N) is 2. The van der Waals surface area contributed by atoms with Gasteiger partial charge in [0, 0.05) is 22.9 Å². The molecule has 0 aliphatic carbocycles. The van der Waals surface area contributed by atoms with Crippen LogP contribution in [0.3, 0.4) is 0 Å². The van der Waals surface area contributed by atoms with Crippen molar-refractivity contribution in [3.63, 3.8) is 0 Å². The molecule has 176 valence electrons. The molecule has 10 heteroatoms. The van der Waals surface area contributed by atoms with Gasteiger partial charge < -0.3 is 24.1 Å². The van der Waals surface area contributed by atoms with E-state index < -0.39 is 6.03 Å². The van der Waals surface area contributed by atoms with E-state index in [1.807, 2.05) is 24.3 Å². The molecule has 0 aliphatic rings. The lowest BCUT2D eigenvalue weighted by Gasteiger charge is -2.14. The molecular weight excluding hydrogens is 450 g/mol. The number of hydrogen-bond acceptors (Lipinski definition) is 8. The maximum atomic E-state index is 12.5. The van der Waals surface area contributed by atoms with Gasteiger partial charge >= 0.3 is 6.03 Å². The van der Waals surface area contributed by atoms with Crippen molar-refractivity contribution in [2.45, 2.75) is 6.92 Å². The van der Waals surface area contributed by atoms with Gasteiger partial charge in [0.05, 0.1) is 30.8 Å². The molecule has 2 aromatic heterocycles. The van der Waals surface area contributed by atoms with E-state index in [4.69, 9.17) is 18.7 Å². The van der Waals surface area contributed by atoms with Crippen molar-refractivity contribution in [2.75, 3.05) is 24.9 Å². The van der Waals surface area contributed by atoms with Crippen LogP contribution in [0, 0.1) is 6.92 Å². The van der Waals surface area contributed by atoms with Crippen LogP contribution in [0.1, 0.15) is 5.76 Å². The number of fused-ring (bicyclic) bond motifs is 2. The second kappa shape index (κ2) is 9.18. The third kappa shape index (κ3) is 4.36. The smallest absolute Gasteiger partial charge is 0.324 e. The number of aromatic nitrogens is 3. The molecule has 2 N–H and O–H groups in total.